The highest BCUT2D eigenvalue weighted by molar-refractivity contribution is 5.89. The molecule has 0 spiro atoms. The molecule has 0 bridgehead atoms. The summed E-state index contributed by atoms with van der Waals surface area (Å²) in [6.45, 7) is 2.75. The summed E-state index contributed by atoms with van der Waals surface area (Å²) in [5.74, 6) is 0.426. The lowest BCUT2D eigenvalue weighted by Crippen LogP contribution is -2.29. The number of amides is 2. The molecule has 2 N–H and O–H groups in total. The molecule has 2 rings (SSSR count). The summed E-state index contributed by atoms with van der Waals surface area (Å²) in [7, 11) is 0. The molecular formula is C13H16N4O2. The molecule has 0 radical (unpaired) electrons. The fourth-order valence-electron chi connectivity index (χ4n) is 1.58. The Morgan fingerprint density at radius 3 is 3.05 bits per heavy atom. The fraction of sp³-hybridized carbons (Fsp3) is 0.308. The normalized spacial score (nSPS) is 10.2. The van der Waals surface area contributed by atoms with E-state index in [1.807, 2.05) is 12.1 Å². The number of unbranched alkanes of at least 4 members (excludes halogenated alkanes) is 1. The summed E-state index contributed by atoms with van der Waals surface area (Å²) in [6.07, 6.45) is 3.29. The molecule has 0 aliphatic heterocycles. The third kappa shape index (κ3) is 3.80. The first-order valence-electron chi connectivity index (χ1n) is 6.21. The fourth-order valence-corrected chi connectivity index (χ4v) is 1.58. The van der Waals surface area contributed by atoms with Gasteiger partial charge in [-0.25, -0.2) is 4.79 Å². The van der Waals surface area contributed by atoms with Crippen molar-refractivity contribution in [3.8, 4) is 11.5 Å². The second-order valence-electron chi connectivity index (χ2n) is 4.06. The summed E-state index contributed by atoms with van der Waals surface area (Å²) >= 11 is 0. The highest BCUT2D eigenvalue weighted by Gasteiger charge is 2.06. The number of carbonyl (C=O) groups excluding carboxylic acids is 1. The molecule has 1 heterocycles. The van der Waals surface area contributed by atoms with Crippen LogP contribution in [-0.4, -0.2) is 22.8 Å². The number of nitrogens with zero attached hydrogens (tertiary/aromatic N) is 2. The van der Waals surface area contributed by atoms with E-state index < -0.39 is 0 Å². The summed E-state index contributed by atoms with van der Waals surface area (Å²) < 4.78 is 5.11. The topological polar surface area (TPSA) is 80.0 Å². The van der Waals surface area contributed by atoms with Gasteiger partial charge >= 0.3 is 6.03 Å². The van der Waals surface area contributed by atoms with Crippen molar-refractivity contribution in [2.24, 2.45) is 0 Å². The summed E-state index contributed by atoms with van der Waals surface area (Å²) in [6, 6.07) is 7.04. The van der Waals surface area contributed by atoms with Crippen LogP contribution in [0.1, 0.15) is 19.8 Å². The minimum absolute atomic E-state index is 0.212. The molecule has 2 amide bonds. The van der Waals surface area contributed by atoms with Crippen LogP contribution in [0.3, 0.4) is 0 Å². The quantitative estimate of drug-likeness (QED) is 0.810. The Morgan fingerprint density at radius 1 is 1.42 bits per heavy atom. The van der Waals surface area contributed by atoms with E-state index in [4.69, 9.17) is 4.42 Å². The first kappa shape index (κ1) is 13.1. The summed E-state index contributed by atoms with van der Waals surface area (Å²) in [4.78, 5) is 11.6. The molecule has 0 atom stereocenters. The lowest BCUT2D eigenvalue weighted by atomic mass is 10.2. The van der Waals surface area contributed by atoms with Crippen molar-refractivity contribution in [3.63, 3.8) is 0 Å². The molecule has 2 aromatic rings. The lowest BCUT2D eigenvalue weighted by Gasteiger charge is -2.07. The van der Waals surface area contributed by atoms with Gasteiger partial charge in [0.15, 0.2) is 0 Å². The first-order valence-corrected chi connectivity index (χ1v) is 6.21. The van der Waals surface area contributed by atoms with Crippen molar-refractivity contribution in [1.29, 1.82) is 0 Å². The van der Waals surface area contributed by atoms with Crippen LogP contribution in [0, 0.1) is 0 Å². The van der Waals surface area contributed by atoms with E-state index >= 15 is 0 Å². The number of nitrogens with one attached hydrogen (secondary N) is 2. The molecular weight excluding hydrogens is 244 g/mol. The van der Waals surface area contributed by atoms with E-state index in [1.165, 1.54) is 6.39 Å². The minimum Gasteiger partial charge on any atom is -0.423 e. The molecule has 0 saturated carbocycles. The third-order valence-electron chi connectivity index (χ3n) is 2.54. The van der Waals surface area contributed by atoms with Gasteiger partial charge in [0.25, 0.3) is 0 Å². The molecule has 6 nitrogen and oxygen atoms in total. The zero-order valence-corrected chi connectivity index (χ0v) is 10.7. The van der Waals surface area contributed by atoms with Crippen molar-refractivity contribution in [3.05, 3.63) is 30.7 Å². The number of benzene rings is 1. The molecule has 1 aromatic carbocycles. The average molecular weight is 260 g/mol. The maximum absolute atomic E-state index is 11.6. The van der Waals surface area contributed by atoms with Crippen molar-refractivity contribution in [1.82, 2.24) is 15.5 Å². The monoisotopic (exact) mass is 260 g/mol. The van der Waals surface area contributed by atoms with Crippen molar-refractivity contribution in [2.45, 2.75) is 19.8 Å². The van der Waals surface area contributed by atoms with Crippen LogP contribution in [0.2, 0.25) is 0 Å². The van der Waals surface area contributed by atoms with Gasteiger partial charge < -0.3 is 15.1 Å². The Labute approximate surface area is 111 Å². The number of urea groups is 1. The van der Waals surface area contributed by atoms with Crippen LogP contribution in [0.15, 0.2) is 35.1 Å². The smallest absolute Gasteiger partial charge is 0.319 e. The van der Waals surface area contributed by atoms with Crippen molar-refractivity contribution < 1.29 is 9.21 Å². The van der Waals surface area contributed by atoms with E-state index in [0.717, 1.165) is 18.4 Å². The van der Waals surface area contributed by atoms with Gasteiger partial charge in [0.1, 0.15) is 0 Å². The van der Waals surface area contributed by atoms with Crippen LogP contribution in [0.25, 0.3) is 11.5 Å². The maximum atomic E-state index is 11.6. The Morgan fingerprint density at radius 2 is 2.32 bits per heavy atom. The van der Waals surface area contributed by atoms with E-state index in [-0.39, 0.29) is 6.03 Å². The Bertz CT molecular complexity index is 525. The van der Waals surface area contributed by atoms with E-state index in [0.29, 0.717) is 18.1 Å². The highest BCUT2D eigenvalue weighted by atomic mass is 16.4. The Balaban J connectivity index is 1.97. The van der Waals surface area contributed by atoms with Crippen molar-refractivity contribution in [2.75, 3.05) is 11.9 Å². The van der Waals surface area contributed by atoms with E-state index in [2.05, 4.69) is 27.8 Å². The number of hydrogen-bond acceptors (Lipinski definition) is 4. The molecule has 19 heavy (non-hydrogen) atoms. The number of carbonyl (C=O) groups is 1. The zero-order chi connectivity index (χ0) is 13.5. The minimum atomic E-state index is -0.212. The van der Waals surface area contributed by atoms with Gasteiger partial charge in [-0.15, -0.1) is 10.2 Å². The van der Waals surface area contributed by atoms with Gasteiger partial charge in [0.05, 0.1) is 0 Å². The second kappa shape index (κ2) is 6.53. The van der Waals surface area contributed by atoms with Gasteiger partial charge in [-0.2, -0.15) is 0 Å². The third-order valence-corrected chi connectivity index (χ3v) is 2.54. The standard InChI is InChI=1S/C13H16N4O2/c1-2-3-7-14-13(18)16-11-6-4-5-10(8-11)12-17-15-9-19-12/h4-6,8-9H,2-3,7H2,1H3,(H2,14,16,18). The predicted molar refractivity (Wildman–Crippen MR) is 71.7 cm³/mol. The van der Waals surface area contributed by atoms with Gasteiger partial charge in [-0.1, -0.05) is 19.4 Å². The highest BCUT2D eigenvalue weighted by Crippen LogP contribution is 2.20. The van der Waals surface area contributed by atoms with E-state index in [9.17, 15) is 4.79 Å². The van der Waals surface area contributed by atoms with E-state index in [1.54, 1.807) is 12.1 Å². The summed E-state index contributed by atoms with van der Waals surface area (Å²) in [5, 5.41) is 13.0. The zero-order valence-electron chi connectivity index (χ0n) is 10.7. The Kier molecular flexibility index (Phi) is 4.49. The van der Waals surface area contributed by atoms with Crippen LogP contribution in [-0.2, 0) is 0 Å². The second-order valence-corrected chi connectivity index (χ2v) is 4.06. The van der Waals surface area contributed by atoms with Crippen LogP contribution in [0.5, 0.6) is 0 Å². The number of rotatable bonds is 5. The van der Waals surface area contributed by atoms with Crippen LogP contribution in [0.4, 0.5) is 10.5 Å². The van der Waals surface area contributed by atoms with Crippen LogP contribution >= 0.6 is 0 Å². The lowest BCUT2D eigenvalue weighted by molar-refractivity contribution is 0.252. The first-order chi connectivity index (χ1) is 9.29. The SMILES string of the molecule is CCCCNC(=O)Nc1cccc(-c2nnco2)c1. The Hall–Kier alpha value is -2.37. The molecule has 0 aliphatic carbocycles. The molecule has 100 valence electrons. The molecule has 1 aromatic heterocycles. The van der Waals surface area contributed by atoms with Gasteiger partial charge in [0, 0.05) is 17.8 Å². The average Bonchev–Trinajstić information content (AvgIpc) is 2.93. The predicted octanol–water partition coefficient (Wildman–Crippen LogP) is 2.66. The number of hydrogen-bond donors (Lipinski definition) is 2. The molecule has 0 aliphatic rings. The van der Waals surface area contributed by atoms with Crippen LogP contribution < -0.4 is 10.6 Å². The largest absolute Gasteiger partial charge is 0.423 e. The molecule has 6 heteroatoms. The number of aromatic nitrogens is 2. The van der Waals surface area contributed by atoms with Crippen molar-refractivity contribution >= 4 is 11.7 Å². The number of anilines is 1. The van der Waals surface area contributed by atoms with Gasteiger partial charge in [-0.05, 0) is 24.6 Å². The van der Waals surface area contributed by atoms with Gasteiger partial charge in [-0.3, -0.25) is 0 Å². The molecule has 0 unspecified atom stereocenters. The molecule has 0 fully saturated rings. The van der Waals surface area contributed by atoms with Gasteiger partial charge in [0.2, 0.25) is 12.3 Å². The maximum Gasteiger partial charge on any atom is 0.319 e. The molecule has 0 saturated heterocycles. The summed E-state index contributed by atoms with van der Waals surface area (Å²) in [5.41, 5.74) is 1.45.